The van der Waals surface area contributed by atoms with E-state index in [9.17, 15) is 40.4 Å². The number of hydrogen-bond acceptors (Lipinski definition) is 8. The summed E-state index contributed by atoms with van der Waals surface area (Å²) in [5.41, 5.74) is -2.73. The molecule has 43 heavy (non-hydrogen) atoms. The lowest BCUT2D eigenvalue weighted by molar-refractivity contribution is -0.289. The Balaban J connectivity index is 1.70. The van der Waals surface area contributed by atoms with E-state index >= 15 is 0 Å². The fourth-order valence-electron chi connectivity index (χ4n) is 4.13. The van der Waals surface area contributed by atoms with E-state index in [0.717, 1.165) is 21.6 Å². The number of benzene rings is 1. The third-order valence-electron chi connectivity index (χ3n) is 6.43. The maximum Gasteiger partial charge on any atom is 0.458 e. The molecule has 11 nitrogen and oxygen atoms in total. The number of imidazole rings is 1. The van der Waals surface area contributed by atoms with Gasteiger partial charge in [0.15, 0.2) is 27.1 Å². The Kier molecular flexibility index (Phi) is 7.09. The molecule has 1 aromatic carbocycles. The fraction of sp³-hybridized carbons (Fsp3) is 0.200. The van der Waals surface area contributed by atoms with Crippen LogP contribution in [0.5, 0.6) is 0 Å². The minimum Gasteiger partial charge on any atom is -0.310 e. The summed E-state index contributed by atoms with van der Waals surface area (Å²) in [5.74, 6) is -6.02. The summed E-state index contributed by atoms with van der Waals surface area (Å²) in [6.45, 7) is 1.36. The number of pyridine rings is 2. The van der Waals surface area contributed by atoms with Crippen LogP contribution < -0.4 is 5.69 Å². The number of nitriles is 1. The molecule has 0 aliphatic carbocycles. The first-order chi connectivity index (χ1) is 20.1. The molecule has 4 heterocycles. The van der Waals surface area contributed by atoms with Gasteiger partial charge in [0, 0.05) is 13.2 Å². The number of halogens is 6. The molecule has 18 heteroatoms. The fourth-order valence-corrected chi connectivity index (χ4v) is 5.31. The molecule has 5 rings (SSSR count). The molecule has 0 aliphatic rings. The highest BCUT2D eigenvalue weighted by Crippen LogP contribution is 2.44. The summed E-state index contributed by atoms with van der Waals surface area (Å²) < 4.78 is 95.9. The third-order valence-corrected chi connectivity index (χ3v) is 8.52. The first kappa shape index (κ1) is 29.8. The number of nitrogens with zero attached hydrogens (tertiary/aromatic N) is 8. The Morgan fingerprint density at radius 1 is 1.07 bits per heavy atom. The molecule has 0 unspecified atom stereocenters. The zero-order chi connectivity index (χ0) is 31.5. The van der Waals surface area contributed by atoms with Gasteiger partial charge in [-0.05, 0) is 36.4 Å². The van der Waals surface area contributed by atoms with Crippen molar-refractivity contribution >= 4 is 32.6 Å². The molecule has 0 bridgehead atoms. The highest BCUT2D eigenvalue weighted by molar-refractivity contribution is 7.91. The van der Waals surface area contributed by atoms with Crippen LogP contribution in [0, 0.1) is 11.3 Å². The molecule has 5 aromatic rings. The number of aryl methyl sites for hydroxylation is 1. The number of hydrogen-bond donors (Lipinski definition) is 0. The molecule has 222 valence electrons. The van der Waals surface area contributed by atoms with Gasteiger partial charge in [-0.25, -0.2) is 32.7 Å². The lowest BCUT2D eigenvalue weighted by Crippen LogP contribution is -2.33. The van der Waals surface area contributed by atoms with E-state index in [0.29, 0.717) is 12.3 Å². The van der Waals surface area contributed by atoms with Gasteiger partial charge in [0.25, 0.3) is 0 Å². The van der Waals surface area contributed by atoms with Crippen molar-refractivity contribution < 1.29 is 30.4 Å². The predicted molar refractivity (Wildman–Crippen MR) is 142 cm³/mol. The summed E-state index contributed by atoms with van der Waals surface area (Å²) >= 11 is 5.97. The molecule has 0 N–H and O–H groups in total. The van der Waals surface area contributed by atoms with Crippen LogP contribution >= 0.6 is 11.6 Å². The van der Waals surface area contributed by atoms with E-state index in [4.69, 9.17) is 11.6 Å². The van der Waals surface area contributed by atoms with Crippen molar-refractivity contribution in [2.45, 2.75) is 23.9 Å². The topological polar surface area (TPSA) is 141 Å². The molecule has 0 atom stereocenters. The van der Waals surface area contributed by atoms with E-state index in [1.807, 2.05) is 6.07 Å². The normalized spacial score (nSPS) is 12.5. The van der Waals surface area contributed by atoms with E-state index in [1.54, 1.807) is 0 Å². The standard InChI is InChI=1S/C25H16ClF5N8O3S/c1-3-43(41,42)18-6-7-19(39-23(40)38(12-34-39)15-4-5-16(26)13(8-15)10-32)36-20(18)22-35-17-9-14(11-33-21(17)37(22)2)24(27,28)25(29,30)31/h4-9,11-12H,3H2,1-2H3. The van der Waals surface area contributed by atoms with Gasteiger partial charge in [-0.2, -0.15) is 37.0 Å². The molecule has 0 saturated carbocycles. The summed E-state index contributed by atoms with van der Waals surface area (Å²) in [6, 6.07) is 8.99. The SMILES string of the molecule is CCS(=O)(=O)c1ccc(-n2ncn(-c3ccc(Cl)c(C#N)c3)c2=O)nc1-c1nc2cc(C(F)(F)C(F)(F)F)cnc2n1C. The van der Waals surface area contributed by atoms with Crippen molar-refractivity contribution in [2.75, 3.05) is 5.75 Å². The monoisotopic (exact) mass is 638 g/mol. The van der Waals surface area contributed by atoms with Crippen molar-refractivity contribution in [3.63, 3.8) is 0 Å². The summed E-state index contributed by atoms with van der Waals surface area (Å²) in [7, 11) is -2.66. The van der Waals surface area contributed by atoms with Gasteiger partial charge in [0.2, 0.25) is 0 Å². The number of sulfone groups is 1. The summed E-state index contributed by atoms with van der Waals surface area (Å²) in [4.78, 5) is 25.0. The molecule has 0 fully saturated rings. The molecule has 0 saturated heterocycles. The van der Waals surface area contributed by atoms with Crippen molar-refractivity contribution in [2.24, 2.45) is 7.05 Å². The van der Waals surface area contributed by atoms with Crippen LogP contribution in [0.4, 0.5) is 22.0 Å². The van der Waals surface area contributed by atoms with Crippen molar-refractivity contribution in [3.05, 3.63) is 75.6 Å². The Bertz CT molecular complexity index is 2130. The molecule has 0 spiro atoms. The molecule has 4 aromatic heterocycles. The highest BCUT2D eigenvalue weighted by atomic mass is 35.5. The Labute approximate surface area is 243 Å². The van der Waals surface area contributed by atoms with Crippen molar-refractivity contribution in [3.8, 4) is 29.1 Å². The largest absolute Gasteiger partial charge is 0.458 e. The van der Waals surface area contributed by atoms with E-state index in [-0.39, 0.29) is 55.4 Å². The van der Waals surface area contributed by atoms with E-state index in [1.165, 1.54) is 42.8 Å². The number of alkyl halides is 5. The van der Waals surface area contributed by atoms with Crippen molar-refractivity contribution in [1.29, 1.82) is 5.26 Å². The second kappa shape index (κ2) is 10.2. The Morgan fingerprint density at radius 3 is 2.44 bits per heavy atom. The quantitative estimate of drug-likeness (QED) is 0.250. The van der Waals surface area contributed by atoms with Crippen molar-refractivity contribution in [1.82, 2.24) is 33.9 Å². The van der Waals surface area contributed by atoms with Crippen LogP contribution in [0.25, 0.3) is 34.2 Å². The zero-order valence-corrected chi connectivity index (χ0v) is 23.4. The molecular formula is C25H16ClF5N8O3S. The maximum atomic E-state index is 14.0. The zero-order valence-electron chi connectivity index (χ0n) is 21.8. The average Bonchev–Trinajstić information content (AvgIpc) is 3.51. The maximum absolute atomic E-state index is 14.0. The average molecular weight is 639 g/mol. The van der Waals surface area contributed by atoms with Gasteiger partial charge in [0.1, 0.15) is 23.6 Å². The van der Waals surface area contributed by atoms with Gasteiger partial charge in [-0.3, -0.25) is 0 Å². The number of aromatic nitrogens is 7. The van der Waals surface area contributed by atoms with Gasteiger partial charge in [-0.1, -0.05) is 18.5 Å². The van der Waals surface area contributed by atoms with Gasteiger partial charge in [0.05, 0.1) is 32.5 Å². The second-order valence-corrected chi connectivity index (χ2v) is 11.7. The van der Waals surface area contributed by atoms with Gasteiger partial charge in [-0.15, -0.1) is 0 Å². The van der Waals surface area contributed by atoms with Crippen LogP contribution in [0.15, 0.2) is 58.6 Å². The summed E-state index contributed by atoms with van der Waals surface area (Å²) in [5, 5.41) is 13.4. The minimum absolute atomic E-state index is 0.0972. The molecule has 0 radical (unpaired) electrons. The van der Waals surface area contributed by atoms with Gasteiger partial charge < -0.3 is 4.57 Å². The molecule has 0 amide bonds. The molecular weight excluding hydrogens is 623 g/mol. The van der Waals surface area contributed by atoms with E-state index in [2.05, 4.69) is 20.1 Å². The minimum atomic E-state index is -5.89. The third kappa shape index (κ3) is 4.91. The lowest BCUT2D eigenvalue weighted by Gasteiger charge is -2.19. The van der Waals surface area contributed by atoms with Gasteiger partial charge >= 0.3 is 17.8 Å². The first-order valence-electron chi connectivity index (χ1n) is 12.0. The Hall–Kier alpha value is -4.69. The lowest BCUT2D eigenvalue weighted by atomic mass is 10.1. The van der Waals surface area contributed by atoms with Crippen LogP contribution in [0.3, 0.4) is 0 Å². The Morgan fingerprint density at radius 2 is 1.79 bits per heavy atom. The first-order valence-corrected chi connectivity index (χ1v) is 14.0. The van der Waals surface area contributed by atoms with Crippen LogP contribution in [0.1, 0.15) is 18.1 Å². The summed E-state index contributed by atoms with van der Waals surface area (Å²) in [6.07, 6.45) is -4.40. The molecule has 0 aliphatic heterocycles. The smallest absolute Gasteiger partial charge is 0.310 e. The van der Waals surface area contributed by atoms with Crippen LogP contribution in [-0.4, -0.2) is 54.2 Å². The van der Waals surface area contributed by atoms with Crippen LogP contribution in [-0.2, 0) is 22.8 Å². The highest BCUT2D eigenvalue weighted by Gasteiger charge is 2.59. The van der Waals surface area contributed by atoms with E-state index < -0.39 is 33.2 Å². The predicted octanol–water partition coefficient (Wildman–Crippen LogP) is 4.34. The van der Waals surface area contributed by atoms with Crippen LogP contribution in [0.2, 0.25) is 5.02 Å². The number of fused-ring (bicyclic) bond motifs is 1. The number of rotatable bonds is 6. The second-order valence-electron chi connectivity index (χ2n) is 9.02.